The van der Waals surface area contributed by atoms with Gasteiger partial charge >= 0.3 is 0 Å². The van der Waals surface area contributed by atoms with E-state index >= 15 is 0 Å². The average molecular weight is 598 g/mol. The summed E-state index contributed by atoms with van der Waals surface area (Å²) in [7, 11) is -3.49. The molecule has 0 aromatic heterocycles. The Morgan fingerprint density at radius 1 is 1.08 bits per heavy atom. The Morgan fingerprint density at radius 2 is 1.77 bits per heavy atom. The van der Waals surface area contributed by atoms with E-state index in [0.717, 1.165) is 24.0 Å². The third kappa shape index (κ3) is 6.80. The Balaban J connectivity index is 1.91. The first-order valence-electron chi connectivity index (χ1n) is 13.6. The number of rotatable bonds is 12. The Bertz CT molecular complexity index is 1250. The molecule has 2 aromatic rings. The normalized spacial score (nSPS) is 25.5. The molecule has 0 spiro atoms. The summed E-state index contributed by atoms with van der Waals surface area (Å²) in [5.41, 5.74) is 0.906. The summed E-state index contributed by atoms with van der Waals surface area (Å²) in [5.74, 6) is -0.217. The van der Waals surface area contributed by atoms with E-state index in [1.165, 1.54) is 0 Å². The molecule has 0 bridgehead atoms. The van der Waals surface area contributed by atoms with Crippen LogP contribution in [0.1, 0.15) is 69.0 Å². The minimum atomic E-state index is -3.49. The van der Waals surface area contributed by atoms with Gasteiger partial charge in [-0.15, -0.1) is 0 Å². The van der Waals surface area contributed by atoms with Crippen molar-refractivity contribution in [2.24, 2.45) is 11.3 Å². The number of hydrogen-bond donors (Lipinski definition) is 3. The van der Waals surface area contributed by atoms with Crippen LogP contribution >= 0.6 is 23.2 Å². The molecule has 2 aliphatic rings. The van der Waals surface area contributed by atoms with Crippen LogP contribution in [0.15, 0.2) is 48.5 Å². The van der Waals surface area contributed by atoms with E-state index in [9.17, 15) is 23.4 Å². The van der Waals surface area contributed by atoms with Crippen LogP contribution in [0.4, 0.5) is 0 Å². The van der Waals surface area contributed by atoms with Crippen molar-refractivity contribution in [3.05, 3.63) is 69.7 Å². The van der Waals surface area contributed by atoms with E-state index < -0.39 is 34.2 Å². The molecule has 2 aromatic carbocycles. The molecule has 2 unspecified atom stereocenters. The Morgan fingerprint density at radius 3 is 2.33 bits per heavy atom. The van der Waals surface area contributed by atoms with Crippen molar-refractivity contribution in [3.63, 3.8) is 0 Å². The van der Waals surface area contributed by atoms with Gasteiger partial charge in [-0.3, -0.25) is 4.79 Å². The topological polar surface area (TPSA) is 107 Å². The molecule has 214 valence electrons. The molecule has 39 heavy (non-hydrogen) atoms. The van der Waals surface area contributed by atoms with Crippen LogP contribution in [0.5, 0.6) is 0 Å². The van der Waals surface area contributed by atoms with Gasteiger partial charge in [-0.05, 0) is 80.3 Å². The van der Waals surface area contributed by atoms with Crippen LogP contribution in [-0.2, 0) is 14.8 Å². The van der Waals surface area contributed by atoms with Gasteiger partial charge in [-0.2, -0.15) is 0 Å². The van der Waals surface area contributed by atoms with E-state index in [0.29, 0.717) is 22.9 Å². The lowest BCUT2D eigenvalue weighted by Crippen LogP contribution is -2.60. The molecule has 5 atom stereocenters. The lowest BCUT2D eigenvalue weighted by Gasteiger charge is -2.53. The first kappa shape index (κ1) is 30.3. The summed E-state index contributed by atoms with van der Waals surface area (Å²) >= 11 is 12.7. The molecule has 7 nitrogen and oxygen atoms in total. The Hall–Kier alpha value is -1.68. The van der Waals surface area contributed by atoms with E-state index in [2.05, 4.69) is 4.72 Å². The van der Waals surface area contributed by atoms with E-state index in [1.807, 2.05) is 48.2 Å². The molecule has 2 fully saturated rings. The number of nitrogens with one attached hydrogen (secondary N) is 1. The van der Waals surface area contributed by atoms with Crippen LogP contribution in [0.3, 0.4) is 0 Å². The van der Waals surface area contributed by atoms with Crippen molar-refractivity contribution in [1.82, 2.24) is 9.62 Å². The summed E-state index contributed by atoms with van der Waals surface area (Å²) in [6, 6.07) is 14.3. The number of carbonyl (C=O) groups is 1. The number of carbonyl (C=O) groups excluding carboxylic acids is 1. The molecule has 1 aliphatic heterocycles. The quantitative estimate of drug-likeness (QED) is 0.323. The lowest BCUT2D eigenvalue weighted by molar-refractivity contribution is -0.160. The minimum Gasteiger partial charge on any atom is -0.394 e. The number of amides is 1. The van der Waals surface area contributed by atoms with Crippen molar-refractivity contribution in [2.75, 3.05) is 18.9 Å². The minimum absolute atomic E-state index is 0.0499. The summed E-state index contributed by atoms with van der Waals surface area (Å²) in [6.45, 7) is 3.19. The third-order valence-corrected chi connectivity index (χ3v) is 10.3. The van der Waals surface area contributed by atoms with Crippen LogP contribution in [0.25, 0.3) is 0 Å². The van der Waals surface area contributed by atoms with Gasteiger partial charge in [-0.25, -0.2) is 13.1 Å². The van der Waals surface area contributed by atoms with Gasteiger partial charge in [0, 0.05) is 28.5 Å². The fourth-order valence-corrected chi connectivity index (χ4v) is 7.03. The van der Waals surface area contributed by atoms with Crippen molar-refractivity contribution in [2.45, 2.75) is 70.1 Å². The second-order valence-electron chi connectivity index (χ2n) is 10.9. The first-order chi connectivity index (χ1) is 18.5. The van der Waals surface area contributed by atoms with Gasteiger partial charge in [0.1, 0.15) is 0 Å². The molecule has 0 radical (unpaired) electrons. The zero-order valence-electron chi connectivity index (χ0n) is 22.4. The highest BCUT2D eigenvalue weighted by atomic mass is 35.5. The molecule has 1 amide bonds. The maximum Gasteiger partial charge on any atom is 0.229 e. The zero-order chi connectivity index (χ0) is 28.4. The van der Waals surface area contributed by atoms with Gasteiger partial charge in [-0.1, -0.05) is 54.4 Å². The predicted octanol–water partition coefficient (Wildman–Crippen LogP) is 4.91. The summed E-state index contributed by atoms with van der Waals surface area (Å²) in [4.78, 5) is 16.6. The second-order valence-corrected chi connectivity index (χ2v) is 13.9. The van der Waals surface area contributed by atoms with Gasteiger partial charge < -0.3 is 15.1 Å². The second kappa shape index (κ2) is 12.5. The summed E-state index contributed by atoms with van der Waals surface area (Å²) in [5, 5.41) is 21.5. The van der Waals surface area contributed by atoms with Crippen LogP contribution in [0.2, 0.25) is 10.0 Å². The number of likely N-dealkylation sites (tertiary alicyclic amines) is 1. The maximum atomic E-state index is 14.7. The summed E-state index contributed by atoms with van der Waals surface area (Å²) < 4.78 is 27.7. The van der Waals surface area contributed by atoms with Crippen molar-refractivity contribution >= 4 is 39.1 Å². The van der Waals surface area contributed by atoms with Crippen LogP contribution < -0.4 is 4.72 Å². The van der Waals surface area contributed by atoms with Crippen molar-refractivity contribution in [1.29, 1.82) is 0 Å². The van der Waals surface area contributed by atoms with Gasteiger partial charge in [0.15, 0.2) is 0 Å². The molecule has 10 heteroatoms. The predicted molar refractivity (Wildman–Crippen MR) is 154 cm³/mol. The molecule has 3 N–H and O–H groups in total. The number of hydrogen-bond acceptors (Lipinski definition) is 5. The standard InChI is InChI=1S/C29H38Cl2N2O5S/c1-3-29(15-24(35)18-34)16-25(21-6-5-7-23(31)14-21)27(20-10-12-22(30)13-11-20)33(28(29)36)26(19-8-9-19)17-32-39(37,38)4-2/h5-7,10-14,19,24-27,32,34-35H,3-4,8-9,15-18H2,1-2H3/t24?,25-,26?,27-,29+/m1/s1. The number of halogens is 2. The van der Waals surface area contributed by atoms with Gasteiger partial charge in [0.2, 0.25) is 15.9 Å². The summed E-state index contributed by atoms with van der Waals surface area (Å²) in [6.07, 6.45) is 1.76. The van der Waals surface area contributed by atoms with Crippen molar-refractivity contribution in [3.8, 4) is 0 Å². The zero-order valence-corrected chi connectivity index (χ0v) is 24.7. The van der Waals surface area contributed by atoms with Crippen molar-refractivity contribution < 1.29 is 23.4 Å². The molecule has 1 saturated carbocycles. The number of aliphatic hydroxyl groups is 2. The molecule has 1 aliphatic carbocycles. The smallest absolute Gasteiger partial charge is 0.229 e. The first-order valence-corrected chi connectivity index (χ1v) is 16.0. The number of nitrogens with zero attached hydrogens (tertiary/aromatic N) is 1. The van der Waals surface area contributed by atoms with Crippen LogP contribution in [-0.4, -0.2) is 60.5 Å². The third-order valence-electron chi connectivity index (χ3n) is 8.40. The molecule has 4 rings (SSSR count). The SMILES string of the molecule is CC[C@]1(CC(O)CO)C[C@H](c2cccc(Cl)c2)[C@@H](c2ccc(Cl)cc2)N(C(CNS(=O)(=O)CC)C2CC2)C1=O. The molecule has 1 heterocycles. The highest BCUT2D eigenvalue weighted by Gasteiger charge is 2.55. The lowest BCUT2D eigenvalue weighted by atomic mass is 9.64. The molecular formula is C29H38Cl2N2O5S. The van der Waals surface area contributed by atoms with Gasteiger partial charge in [0.25, 0.3) is 0 Å². The van der Waals surface area contributed by atoms with E-state index in [1.54, 1.807) is 19.1 Å². The number of sulfonamides is 1. The molecule has 1 saturated heterocycles. The fraction of sp³-hybridized carbons (Fsp3) is 0.552. The Kier molecular flexibility index (Phi) is 9.67. The fourth-order valence-electron chi connectivity index (χ4n) is 6.07. The number of benzene rings is 2. The number of piperidine rings is 1. The van der Waals surface area contributed by atoms with E-state index in [-0.39, 0.29) is 42.5 Å². The highest BCUT2D eigenvalue weighted by Crippen LogP contribution is 2.55. The number of aliphatic hydroxyl groups excluding tert-OH is 2. The van der Waals surface area contributed by atoms with Crippen LogP contribution in [0, 0.1) is 11.3 Å². The Labute approximate surface area is 241 Å². The monoisotopic (exact) mass is 596 g/mol. The average Bonchev–Trinajstić information content (AvgIpc) is 3.76. The maximum absolute atomic E-state index is 14.7. The van der Waals surface area contributed by atoms with Gasteiger partial charge in [0.05, 0.1) is 29.9 Å². The molecular weight excluding hydrogens is 559 g/mol. The highest BCUT2D eigenvalue weighted by molar-refractivity contribution is 7.89. The van der Waals surface area contributed by atoms with E-state index in [4.69, 9.17) is 23.2 Å². The largest absolute Gasteiger partial charge is 0.394 e.